The van der Waals surface area contributed by atoms with Crippen molar-refractivity contribution in [2.75, 3.05) is 31.2 Å². The van der Waals surface area contributed by atoms with Gasteiger partial charge in [0.15, 0.2) is 0 Å². The molecule has 0 aliphatic heterocycles. The summed E-state index contributed by atoms with van der Waals surface area (Å²) in [6.45, 7) is 50.2. The van der Waals surface area contributed by atoms with Gasteiger partial charge in [0, 0.05) is 29.4 Å². The number of carbonyl (C=O) groups is 5. The fraction of sp³-hybridized carbons (Fsp3) is 0.671. The normalized spacial score (nSPS) is 9.14. The third-order valence-corrected chi connectivity index (χ3v) is 23.0. The number of benzene rings is 1. The van der Waals surface area contributed by atoms with E-state index in [9.17, 15) is 24.0 Å². The molecule has 0 saturated heterocycles. The van der Waals surface area contributed by atoms with Crippen molar-refractivity contribution in [2.45, 2.75) is 294 Å². The molecule has 0 aliphatic carbocycles. The van der Waals surface area contributed by atoms with Gasteiger partial charge in [0.05, 0.1) is 83.9 Å². The Balaban J connectivity index is -0.0000000185. The van der Waals surface area contributed by atoms with Crippen LogP contribution in [-0.2, 0) is 47.7 Å². The number of rotatable bonds is 23. The molecule has 542 valence electrons. The van der Waals surface area contributed by atoms with Crippen LogP contribution in [0, 0.1) is 0 Å². The number of hydrogen-bond donors (Lipinski definition) is 0. The highest BCUT2D eigenvalue weighted by Crippen LogP contribution is 2.01. The summed E-state index contributed by atoms with van der Waals surface area (Å²) in [4.78, 5) is 53.3. The second kappa shape index (κ2) is 123. The van der Waals surface area contributed by atoms with Crippen LogP contribution in [-0.4, -0.2) is 114 Å². The fourth-order valence-corrected chi connectivity index (χ4v) is 8.04. The largest absolute Gasteiger partial charge is 0.467 e. The van der Waals surface area contributed by atoms with Crippen LogP contribution in [0.5, 0.6) is 0 Å². The van der Waals surface area contributed by atoms with Gasteiger partial charge in [-0.05, 0) is 19.4 Å². The molecule has 0 bridgehead atoms. The lowest BCUT2D eigenvalue weighted by molar-refractivity contribution is -0.138. The summed E-state index contributed by atoms with van der Waals surface area (Å²) in [6.07, 6.45) is 8.71. The summed E-state index contributed by atoms with van der Waals surface area (Å²) in [5, 5.41) is 1.56. The number of hydrogen-bond acceptors (Lipinski definition) is 10. The summed E-state index contributed by atoms with van der Waals surface area (Å²) in [5.41, 5.74) is 2.20. The Labute approximate surface area is 562 Å². The predicted octanol–water partition coefficient (Wildman–Crippen LogP) is 22.8. The molecular formula is C70H178O10Si6. The lowest BCUT2D eigenvalue weighted by Crippen LogP contribution is -2.24. The summed E-state index contributed by atoms with van der Waals surface area (Å²) < 4.78 is 24.5. The summed E-state index contributed by atoms with van der Waals surface area (Å²) in [5.74, 6) is -1.40. The first-order valence-corrected chi connectivity index (χ1v) is 39.3. The van der Waals surface area contributed by atoms with Gasteiger partial charge in [-0.2, -0.15) is 0 Å². The minimum atomic E-state index is -0.763. The minimum absolute atomic E-state index is 0. The maximum Gasteiger partial charge on any atom is 0.332 e. The second-order valence-corrected chi connectivity index (χ2v) is 36.1. The second-order valence-electron chi connectivity index (χ2n) is 16.0. The fourth-order valence-electron chi connectivity index (χ4n) is 3.32. The maximum atomic E-state index is 10.9. The van der Waals surface area contributed by atoms with Crippen LogP contribution in [0.15, 0.2) is 93.1 Å². The molecule has 0 N–H and O–H groups in total. The monoisotopic (exact) mass is 1350 g/mol. The molecule has 0 aliphatic rings. The van der Waals surface area contributed by atoms with Crippen molar-refractivity contribution in [3.05, 3.63) is 98.7 Å². The molecule has 0 amide bonds. The van der Waals surface area contributed by atoms with Crippen LogP contribution >= 0.6 is 0 Å². The molecule has 10 nitrogen and oxygen atoms in total. The highest BCUT2D eigenvalue weighted by atomic mass is 28.3. The average molecular weight is 1350 g/mol. The molecule has 1 rings (SSSR count). The van der Waals surface area contributed by atoms with Gasteiger partial charge in [-0.1, -0.05) is 355 Å². The molecule has 1 aromatic carbocycles. The van der Waals surface area contributed by atoms with Crippen molar-refractivity contribution in [3.8, 4) is 0 Å². The van der Waals surface area contributed by atoms with E-state index >= 15 is 0 Å². The Morgan fingerprint density at radius 3 is 0.674 bits per heavy atom. The average Bonchev–Trinajstić information content (AvgIpc) is 3.32. The van der Waals surface area contributed by atoms with E-state index in [2.05, 4.69) is 145 Å². The van der Waals surface area contributed by atoms with Gasteiger partial charge < -0.3 is 23.7 Å². The van der Waals surface area contributed by atoms with Crippen molar-refractivity contribution in [2.24, 2.45) is 0 Å². The van der Waals surface area contributed by atoms with Crippen LogP contribution < -0.4 is 5.19 Å². The quantitative estimate of drug-likeness (QED) is 0.0452. The zero-order chi connectivity index (χ0) is 50.6. The zero-order valence-electron chi connectivity index (χ0n) is 42.7. The Morgan fingerprint density at radius 2 is 0.535 bits per heavy atom. The van der Waals surface area contributed by atoms with Gasteiger partial charge >= 0.3 is 29.8 Å². The van der Waals surface area contributed by atoms with Gasteiger partial charge in [0.1, 0.15) is 0 Å². The van der Waals surface area contributed by atoms with Crippen molar-refractivity contribution in [1.82, 2.24) is 0 Å². The molecule has 0 radical (unpaired) electrons. The van der Waals surface area contributed by atoms with Crippen molar-refractivity contribution in [1.29, 1.82) is 0 Å². The van der Waals surface area contributed by atoms with Crippen LogP contribution in [0.1, 0.15) is 224 Å². The predicted molar refractivity (Wildman–Crippen MR) is 440 cm³/mol. The SMILES string of the molecule is C.C.C.C.C.C.C.C.C.C.C.C.C.C.C.C.C.C.C.C.C.C.C=C(C)C(=O)OC[SiH](C)CC.C=C(C)C(=O)OC[SiH](C)CC.C=CC(=O)OC[SiH](C)CC.C=CC(=O)OC[SiH](C)CC.C=CC(=O)OC[SiH](C)CC.C=Cc1ccc([SiH](C)CC)cc1. The number of ether oxygens (including phenoxy) is 5. The molecule has 0 spiro atoms. The van der Waals surface area contributed by atoms with Crippen molar-refractivity contribution >= 4 is 93.9 Å². The molecular weight excluding hydrogens is 1170 g/mol. The maximum absolute atomic E-state index is 10.9. The van der Waals surface area contributed by atoms with E-state index in [4.69, 9.17) is 23.7 Å². The third kappa shape index (κ3) is 126. The van der Waals surface area contributed by atoms with E-state index in [-0.39, 0.29) is 193 Å². The highest BCUT2D eigenvalue weighted by Gasteiger charge is 2.08. The van der Waals surface area contributed by atoms with E-state index in [0.29, 0.717) is 42.3 Å². The van der Waals surface area contributed by atoms with Gasteiger partial charge in [-0.15, -0.1) is 0 Å². The van der Waals surface area contributed by atoms with Crippen LogP contribution in [0.4, 0.5) is 0 Å². The molecule has 0 saturated carbocycles. The standard InChI is InChI=1S/C11H16Si.2C8H16O2Si.3C7H14O2Si.22CH4/c1-4-10-6-8-11(9-7-10)12(3)5-2;2*1-5-11(4)6-10-8(9)7(2)3;3*1-4-7(8)9-6-10(3)5-2;;;;;;;;;;;;;;;;;;;;;;/h4,6-9,12H,1,5H2,2-3H3;2*11H,2,5-6H2,1,3-4H3;3*4,10H,1,5-6H2,2-3H3;22*1H4. The van der Waals surface area contributed by atoms with Gasteiger partial charge in [0.25, 0.3) is 0 Å². The van der Waals surface area contributed by atoms with E-state index in [1.807, 2.05) is 6.08 Å². The van der Waals surface area contributed by atoms with E-state index < -0.39 is 52.8 Å². The first-order valence-electron chi connectivity index (χ1n) is 22.8. The van der Waals surface area contributed by atoms with Gasteiger partial charge in [0.2, 0.25) is 0 Å². The summed E-state index contributed by atoms with van der Waals surface area (Å²) in [7, 11) is -4.36. The van der Waals surface area contributed by atoms with Crippen LogP contribution in [0.3, 0.4) is 0 Å². The zero-order valence-corrected chi connectivity index (χ0v) is 49.6. The number of esters is 5. The third-order valence-electron chi connectivity index (χ3n) is 9.56. The van der Waals surface area contributed by atoms with Crippen LogP contribution in [0.2, 0.25) is 75.5 Å². The van der Waals surface area contributed by atoms with Crippen molar-refractivity contribution < 1.29 is 47.7 Å². The van der Waals surface area contributed by atoms with Gasteiger partial charge in [-0.25, -0.2) is 24.0 Å². The molecule has 6 atom stereocenters. The molecule has 0 fully saturated rings. The van der Waals surface area contributed by atoms with E-state index in [1.165, 1.54) is 60.1 Å². The van der Waals surface area contributed by atoms with E-state index in [1.54, 1.807) is 19.0 Å². The Morgan fingerprint density at radius 1 is 0.349 bits per heavy atom. The molecule has 6 unspecified atom stereocenters. The Hall–Kier alpha value is -3.69. The summed E-state index contributed by atoms with van der Waals surface area (Å²) in [6, 6.07) is 16.0. The molecule has 86 heavy (non-hydrogen) atoms. The summed E-state index contributed by atoms with van der Waals surface area (Å²) >= 11 is 0. The molecule has 0 heterocycles. The van der Waals surface area contributed by atoms with E-state index in [0.717, 1.165) is 0 Å². The number of carbonyl (C=O) groups excluding carboxylic acids is 5. The Bertz CT molecular complexity index is 1390. The topological polar surface area (TPSA) is 132 Å². The molecule has 0 aromatic heterocycles. The Kier molecular flexibility index (Phi) is 254. The lowest BCUT2D eigenvalue weighted by Gasteiger charge is -2.07. The molecule has 1 aromatic rings. The lowest BCUT2D eigenvalue weighted by atomic mass is 10.2. The molecule has 16 heteroatoms. The van der Waals surface area contributed by atoms with Gasteiger partial charge in [-0.3, -0.25) is 0 Å². The first kappa shape index (κ1) is 178. The minimum Gasteiger partial charge on any atom is -0.467 e. The smallest absolute Gasteiger partial charge is 0.332 e. The first-order chi connectivity index (χ1) is 30.0. The van der Waals surface area contributed by atoms with Crippen molar-refractivity contribution in [3.63, 3.8) is 0 Å². The highest BCUT2D eigenvalue weighted by molar-refractivity contribution is 6.71. The van der Waals surface area contributed by atoms with Crippen LogP contribution in [0.25, 0.3) is 6.08 Å².